The predicted molar refractivity (Wildman–Crippen MR) is 66.4 cm³/mol. The second-order valence-electron chi connectivity index (χ2n) is 3.84. The van der Waals surface area contributed by atoms with E-state index in [4.69, 9.17) is 4.79 Å². The molecule has 0 saturated carbocycles. The van der Waals surface area contributed by atoms with Gasteiger partial charge in [-0.15, -0.1) is 0 Å². The van der Waals surface area contributed by atoms with E-state index in [0.29, 0.717) is 6.41 Å². The Kier molecular flexibility index (Phi) is 6.26. The number of amides is 1. The van der Waals surface area contributed by atoms with Crippen molar-refractivity contribution in [2.45, 2.75) is 18.8 Å². The van der Waals surface area contributed by atoms with Gasteiger partial charge in [-0.3, -0.25) is 4.79 Å². The Morgan fingerprint density at radius 3 is 2.31 bits per heavy atom. The second kappa shape index (κ2) is 7.88. The largest absolute Gasteiger partial charge is 0.362 e. The van der Waals surface area contributed by atoms with Crippen LogP contribution in [0.1, 0.15) is 24.3 Å². The van der Waals surface area contributed by atoms with E-state index in [-0.39, 0.29) is 0 Å². The summed E-state index contributed by atoms with van der Waals surface area (Å²) in [7, 11) is 1.56. The summed E-state index contributed by atoms with van der Waals surface area (Å²) in [6.07, 6.45) is 3.22. The van der Waals surface area contributed by atoms with Gasteiger partial charge in [0, 0.05) is 7.05 Å². The molecule has 1 heterocycles. The van der Waals surface area contributed by atoms with Crippen molar-refractivity contribution in [2.24, 2.45) is 0 Å². The maximum Gasteiger partial charge on any atom is 0.206 e. The van der Waals surface area contributed by atoms with E-state index in [9.17, 15) is 0 Å². The van der Waals surface area contributed by atoms with Gasteiger partial charge in [0.2, 0.25) is 6.41 Å². The first-order valence-electron chi connectivity index (χ1n) is 5.75. The van der Waals surface area contributed by atoms with Gasteiger partial charge < -0.3 is 10.6 Å². The van der Waals surface area contributed by atoms with Gasteiger partial charge in [-0.25, -0.2) is 0 Å². The molecule has 1 aliphatic rings. The molecule has 2 N–H and O–H groups in total. The fourth-order valence-corrected chi connectivity index (χ4v) is 1.88. The van der Waals surface area contributed by atoms with Crippen molar-refractivity contribution in [1.29, 1.82) is 0 Å². The first kappa shape index (κ1) is 12.7. The molecule has 0 spiro atoms. The summed E-state index contributed by atoms with van der Waals surface area (Å²) < 4.78 is 0. The summed E-state index contributed by atoms with van der Waals surface area (Å²) in [5.41, 5.74) is 1.51. The first-order valence-corrected chi connectivity index (χ1v) is 5.75. The first-order chi connectivity index (χ1) is 7.88. The molecule has 0 aromatic heterocycles. The van der Waals surface area contributed by atoms with E-state index in [2.05, 4.69) is 41.0 Å². The molecule has 88 valence electrons. The van der Waals surface area contributed by atoms with Gasteiger partial charge in [0.05, 0.1) is 0 Å². The molecule has 1 aromatic rings. The monoisotopic (exact) mass is 220 g/mol. The van der Waals surface area contributed by atoms with Crippen LogP contribution in [0.15, 0.2) is 30.3 Å². The van der Waals surface area contributed by atoms with Gasteiger partial charge >= 0.3 is 0 Å². The zero-order valence-corrected chi connectivity index (χ0v) is 9.78. The number of hydrogen-bond acceptors (Lipinski definition) is 2. The van der Waals surface area contributed by atoms with Gasteiger partial charge in [-0.05, 0) is 37.4 Å². The SMILES string of the molecule is CNC=O.c1ccc(C2CCNCC2)cc1. The summed E-state index contributed by atoms with van der Waals surface area (Å²) in [5.74, 6) is 0.799. The highest BCUT2D eigenvalue weighted by Crippen LogP contribution is 2.24. The van der Waals surface area contributed by atoms with Crippen LogP contribution < -0.4 is 10.6 Å². The average molecular weight is 220 g/mol. The number of nitrogens with one attached hydrogen (secondary N) is 2. The lowest BCUT2D eigenvalue weighted by atomic mass is 9.90. The predicted octanol–water partition coefficient (Wildman–Crippen LogP) is 1.52. The lowest BCUT2D eigenvalue weighted by Crippen LogP contribution is -2.26. The number of piperidine rings is 1. The van der Waals surface area contributed by atoms with Crippen molar-refractivity contribution in [1.82, 2.24) is 10.6 Å². The topological polar surface area (TPSA) is 41.1 Å². The Morgan fingerprint density at radius 1 is 1.25 bits per heavy atom. The Balaban J connectivity index is 0.000000280. The van der Waals surface area contributed by atoms with Crippen molar-refractivity contribution < 1.29 is 4.79 Å². The maximum atomic E-state index is 9.06. The van der Waals surface area contributed by atoms with Gasteiger partial charge in [-0.2, -0.15) is 0 Å². The fourth-order valence-electron chi connectivity index (χ4n) is 1.88. The number of carbonyl (C=O) groups is 1. The van der Waals surface area contributed by atoms with E-state index >= 15 is 0 Å². The molecule has 0 radical (unpaired) electrons. The van der Waals surface area contributed by atoms with Crippen LogP contribution in [0, 0.1) is 0 Å². The summed E-state index contributed by atoms with van der Waals surface area (Å²) in [5, 5.41) is 5.63. The summed E-state index contributed by atoms with van der Waals surface area (Å²) in [6.45, 7) is 2.36. The average Bonchev–Trinajstić information content (AvgIpc) is 2.41. The Labute approximate surface area is 97.2 Å². The zero-order chi connectivity index (χ0) is 11.6. The summed E-state index contributed by atoms with van der Waals surface area (Å²) in [6, 6.07) is 10.9. The van der Waals surface area contributed by atoms with Gasteiger partial charge in [0.25, 0.3) is 0 Å². The lowest BCUT2D eigenvalue weighted by Gasteiger charge is -2.22. The van der Waals surface area contributed by atoms with Crippen LogP contribution in [-0.4, -0.2) is 26.5 Å². The highest BCUT2D eigenvalue weighted by molar-refractivity contribution is 5.44. The maximum absolute atomic E-state index is 9.06. The minimum atomic E-state index is 0.625. The number of hydrogen-bond donors (Lipinski definition) is 2. The van der Waals surface area contributed by atoms with Gasteiger partial charge in [0.15, 0.2) is 0 Å². The van der Waals surface area contributed by atoms with Crippen molar-refractivity contribution in [2.75, 3.05) is 20.1 Å². The highest BCUT2D eigenvalue weighted by atomic mass is 16.1. The molecule has 16 heavy (non-hydrogen) atoms. The molecule has 1 amide bonds. The van der Waals surface area contributed by atoms with E-state index in [1.165, 1.54) is 31.5 Å². The third kappa shape index (κ3) is 4.45. The molecule has 1 fully saturated rings. The third-order valence-corrected chi connectivity index (χ3v) is 2.73. The van der Waals surface area contributed by atoms with E-state index in [1.54, 1.807) is 7.05 Å². The number of carbonyl (C=O) groups excluding carboxylic acids is 1. The summed E-state index contributed by atoms with van der Waals surface area (Å²) in [4.78, 5) is 9.06. The minimum absolute atomic E-state index is 0.625. The molecule has 0 atom stereocenters. The van der Waals surface area contributed by atoms with Crippen LogP contribution in [0.2, 0.25) is 0 Å². The minimum Gasteiger partial charge on any atom is -0.362 e. The van der Waals surface area contributed by atoms with Crippen molar-refractivity contribution >= 4 is 6.41 Å². The van der Waals surface area contributed by atoms with Crippen LogP contribution in [-0.2, 0) is 4.79 Å². The zero-order valence-electron chi connectivity index (χ0n) is 9.78. The molecule has 0 unspecified atom stereocenters. The Morgan fingerprint density at radius 2 is 1.81 bits per heavy atom. The van der Waals surface area contributed by atoms with Crippen molar-refractivity contribution in [3.63, 3.8) is 0 Å². The standard InChI is InChI=1S/C11H15N.C2H5NO/c1-2-4-10(5-3-1)11-6-8-12-9-7-11;1-3-2-4/h1-5,11-12H,6-9H2;2H,1H3,(H,3,4). The van der Waals surface area contributed by atoms with E-state index in [1.807, 2.05) is 0 Å². The second-order valence-corrected chi connectivity index (χ2v) is 3.84. The Hall–Kier alpha value is -1.35. The summed E-state index contributed by atoms with van der Waals surface area (Å²) >= 11 is 0. The van der Waals surface area contributed by atoms with Crippen molar-refractivity contribution in [3.05, 3.63) is 35.9 Å². The molecule has 1 aromatic carbocycles. The smallest absolute Gasteiger partial charge is 0.206 e. The fraction of sp³-hybridized carbons (Fsp3) is 0.462. The van der Waals surface area contributed by atoms with Crippen molar-refractivity contribution in [3.8, 4) is 0 Å². The van der Waals surface area contributed by atoms with Crippen LogP contribution in [0.4, 0.5) is 0 Å². The quantitative estimate of drug-likeness (QED) is 0.742. The molecular formula is C13H20N2O. The molecule has 1 aliphatic heterocycles. The van der Waals surface area contributed by atoms with Crippen LogP contribution in [0.5, 0.6) is 0 Å². The van der Waals surface area contributed by atoms with Crippen LogP contribution >= 0.6 is 0 Å². The number of rotatable bonds is 2. The van der Waals surface area contributed by atoms with Gasteiger partial charge in [-0.1, -0.05) is 30.3 Å². The molecule has 3 heteroatoms. The third-order valence-electron chi connectivity index (χ3n) is 2.73. The molecule has 0 bridgehead atoms. The molecule has 3 nitrogen and oxygen atoms in total. The van der Waals surface area contributed by atoms with E-state index in [0.717, 1.165) is 5.92 Å². The Bertz CT molecular complexity index is 281. The number of benzene rings is 1. The molecule has 1 saturated heterocycles. The van der Waals surface area contributed by atoms with Crippen LogP contribution in [0.25, 0.3) is 0 Å². The molecule has 0 aliphatic carbocycles. The van der Waals surface area contributed by atoms with E-state index < -0.39 is 0 Å². The molecular weight excluding hydrogens is 200 g/mol. The van der Waals surface area contributed by atoms with Crippen LogP contribution in [0.3, 0.4) is 0 Å². The molecule has 2 rings (SSSR count). The highest BCUT2D eigenvalue weighted by Gasteiger charge is 2.13. The normalized spacial score (nSPS) is 15.8. The van der Waals surface area contributed by atoms with Gasteiger partial charge in [0.1, 0.15) is 0 Å². The lowest BCUT2D eigenvalue weighted by molar-refractivity contribution is -0.109.